The van der Waals surface area contributed by atoms with E-state index < -0.39 is 5.97 Å². The van der Waals surface area contributed by atoms with E-state index >= 15 is 0 Å². The summed E-state index contributed by atoms with van der Waals surface area (Å²) in [5.41, 5.74) is 0. The van der Waals surface area contributed by atoms with Crippen LogP contribution in [0.2, 0.25) is 0 Å². The monoisotopic (exact) mass is 623 g/mol. The summed E-state index contributed by atoms with van der Waals surface area (Å²) in [6.07, 6.45) is 22.1. The number of carbonyl (C=O) groups excluding carboxylic acids is 1. The zero-order valence-electron chi connectivity index (χ0n) is 28.6. The molecule has 0 amide bonds. The van der Waals surface area contributed by atoms with Crippen LogP contribution in [0.1, 0.15) is 165 Å². The van der Waals surface area contributed by atoms with E-state index in [1.807, 2.05) is 0 Å². The molecule has 0 saturated carbocycles. The third-order valence-electron chi connectivity index (χ3n) is 7.89. The van der Waals surface area contributed by atoms with E-state index in [1.54, 1.807) is 0 Å². The van der Waals surface area contributed by atoms with Gasteiger partial charge in [0, 0.05) is 5.97 Å². The van der Waals surface area contributed by atoms with E-state index in [1.165, 1.54) is 164 Å². The van der Waals surface area contributed by atoms with Gasteiger partial charge < -0.3 is 35.8 Å². The van der Waals surface area contributed by atoms with Crippen LogP contribution in [0.3, 0.4) is 0 Å². The molecule has 0 aromatic rings. The highest BCUT2D eigenvalue weighted by atomic mass is 79.9. The van der Waals surface area contributed by atoms with E-state index in [9.17, 15) is 0 Å². The Bertz CT molecular complexity index is 359. The maximum absolute atomic E-state index is 8.89. The molecule has 0 aliphatic heterocycles. The lowest BCUT2D eigenvalue weighted by molar-refractivity contribution is -0.929. The number of rotatable bonds is 24. The maximum atomic E-state index is 8.89. The van der Waals surface area contributed by atoms with Crippen molar-refractivity contribution in [2.45, 2.75) is 165 Å². The van der Waals surface area contributed by atoms with Crippen LogP contribution in [0.25, 0.3) is 0 Å². The first-order valence-electron chi connectivity index (χ1n) is 17.1. The average Bonchev–Trinajstić information content (AvgIpc) is 2.91. The minimum absolute atomic E-state index is 0. The van der Waals surface area contributed by atoms with Gasteiger partial charge in [-0.25, -0.2) is 0 Å². The molecule has 0 bridgehead atoms. The summed E-state index contributed by atoms with van der Waals surface area (Å²) in [7, 11) is 0. The molecule has 0 saturated heterocycles. The summed E-state index contributed by atoms with van der Waals surface area (Å²) in [5.74, 6) is -1.08. The lowest BCUT2D eigenvalue weighted by Gasteiger charge is -2.39. The van der Waals surface area contributed by atoms with E-state index in [-0.39, 0.29) is 17.0 Å². The van der Waals surface area contributed by atoms with Gasteiger partial charge in [-0.1, -0.05) is 107 Å². The van der Waals surface area contributed by atoms with E-state index in [0.717, 1.165) is 6.92 Å². The first-order chi connectivity index (χ1) is 18.2. The molecule has 39 heavy (non-hydrogen) atoms. The molecule has 0 heterocycles. The van der Waals surface area contributed by atoms with E-state index in [2.05, 4.69) is 55.4 Å². The second-order valence-electron chi connectivity index (χ2n) is 11.8. The van der Waals surface area contributed by atoms with Gasteiger partial charge in [-0.05, 0) is 58.3 Å². The van der Waals surface area contributed by atoms with Crippen LogP contribution in [0, 0.1) is 0 Å². The predicted octanol–water partition coefficient (Wildman–Crippen LogP) is 5.77. The van der Waals surface area contributed by atoms with Crippen LogP contribution >= 0.6 is 0 Å². The molecule has 0 spiro atoms. The van der Waals surface area contributed by atoms with Crippen LogP contribution in [0.15, 0.2) is 0 Å². The molecule has 0 rings (SSSR count). The Morgan fingerprint density at radius 1 is 0.410 bits per heavy atom. The van der Waals surface area contributed by atoms with Crippen molar-refractivity contribution in [3.63, 3.8) is 0 Å². The fourth-order valence-electron chi connectivity index (χ4n) is 5.29. The molecule has 4 nitrogen and oxygen atoms in total. The lowest BCUT2D eigenvalue weighted by Crippen LogP contribution is -3.00. The Kier molecular flexibility index (Phi) is 40.1. The van der Waals surface area contributed by atoms with Crippen molar-refractivity contribution >= 4 is 5.97 Å². The van der Waals surface area contributed by atoms with Gasteiger partial charge in [0.25, 0.3) is 0 Å². The number of carboxylic acid groups (broad SMARTS) is 1. The zero-order valence-corrected chi connectivity index (χ0v) is 30.1. The molecule has 0 N–H and O–H groups in total. The van der Waals surface area contributed by atoms with Crippen LogP contribution in [0.4, 0.5) is 0 Å². The quantitative estimate of drug-likeness (QED) is 0.128. The third kappa shape index (κ3) is 30.7. The van der Waals surface area contributed by atoms with Crippen LogP contribution in [-0.4, -0.2) is 67.3 Å². The van der Waals surface area contributed by atoms with Crippen LogP contribution in [0.5, 0.6) is 0 Å². The van der Waals surface area contributed by atoms with Crippen LogP contribution < -0.4 is 22.1 Å². The van der Waals surface area contributed by atoms with Gasteiger partial charge in [0.15, 0.2) is 0 Å². The number of hydrogen-bond acceptors (Lipinski definition) is 2. The fourth-order valence-corrected chi connectivity index (χ4v) is 5.29. The second kappa shape index (κ2) is 34.1. The van der Waals surface area contributed by atoms with Gasteiger partial charge in [-0.15, -0.1) is 0 Å². The predicted molar refractivity (Wildman–Crippen MR) is 169 cm³/mol. The van der Waals surface area contributed by atoms with Gasteiger partial charge in [0.05, 0.1) is 52.4 Å². The average molecular weight is 624 g/mol. The van der Waals surface area contributed by atoms with Gasteiger partial charge in [-0.3, -0.25) is 0 Å². The number of hydrogen-bond donors (Lipinski definition) is 0. The molecule has 0 unspecified atom stereocenters. The third-order valence-corrected chi connectivity index (χ3v) is 7.89. The number of nitrogens with zero attached hydrogens (tertiary/aromatic N) is 2. The van der Waals surface area contributed by atoms with Crippen molar-refractivity contribution < 1.29 is 35.8 Å². The molecule has 0 aromatic carbocycles. The summed E-state index contributed by atoms with van der Waals surface area (Å²) in [6, 6.07) is 0. The SMILES string of the molecule is CC(=O)[O-].CCCC[N+](CCCC)(CCCC)CCCC.CCCC[N+](CCCC)(CCCC)CCCC.[Br-]. The van der Waals surface area contributed by atoms with Crippen molar-refractivity contribution in [1.82, 2.24) is 0 Å². The normalized spacial score (nSPS) is 11.1. The van der Waals surface area contributed by atoms with Crippen molar-refractivity contribution in [3.05, 3.63) is 0 Å². The molecular weight excluding hydrogens is 548 g/mol. The van der Waals surface area contributed by atoms with Gasteiger partial charge >= 0.3 is 0 Å². The first-order valence-corrected chi connectivity index (χ1v) is 17.1. The Morgan fingerprint density at radius 3 is 0.590 bits per heavy atom. The van der Waals surface area contributed by atoms with Crippen molar-refractivity contribution in [3.8, 4) is 0 Å². The number of unbranched alkanes of at least 4 members (excludes halogenated alkanes) is 8. The molecule has 0 fully saturated rings. The summed E-state index contributed by atoms with van der Waals surface area (Å²) in [4.78, 5) is 8.89. The maximum Gasteiger partial charge on any atom is 0.0786 e. The number of carbonyl (C=O) groups is 1. The van der Waals surface area contributed by atoms with E-state index in [0.29, 0.717) is 0 Å². The highest BCUT2D eigenvalue weighted by molar-refractivity contribution is 5.60. The summed E-state index contributed by atoms with van der Waals surface area (Å²) in [6.45, 7) is 31.0. The number of halogens is 1. The molecule has 5 heteroatoms. The fraction of sp³-hybridized carbons (Fsp3) is 0.971. The Hall–Kier alpha value is -0.130. The topological polar surface area (TPSA) is 40.1 Å². The van der Waals surface area contributed by atoms with Gasteiger partial charge in [0.2, 0.25) is 0 Å². The molecule has 0 radical (unpaired) electrons. The Balaban J connectivity index is -0.000000270. The van der Waals surface area contributed by atoms with E-state index in [4.69, 9.17) is 9.90 Å². The van der Waals surface area contributed by atoms with Crippen molar-refractivity contribution in [2.75, 3.05) is 52.4 Å². The largest absolute Gasteiger partial charge is 1.00 e. The highest BCUT2D eigenvalue weighted by Crippen LogP contribution is 2.17. The second-order valence-corrected chi connectivity index (χ2v) is 11.8. The van der Waals surface area contributed by atoms with Gasteiger partial charge in [0.1, 0.15) is 0 Å². The summed E-state index contributed by atoms with van der Waals surface area (Å²) >= 11 is 0. The first kappa shape index (κ1) is 45.8. The molecule has 240 valence electrons. The van der Waals surface area contributed by atoms with Crippen molar-refractivity contribution in [2.24, 2.45) is 0 Å². The smallest absolute Gasteiger partial charge is 0.0786 e. The molecule has 0 aliphatic rings. The lowest BCUT2D eigenvalue weighted by atomic mass is 10.1. The zero-order chi connectivity index (χ0) is 29.5. The molecule has 0 aliphatic carbocycles. The van der Waals surface area contributed by atoms with Crippen molar-refractivity contribution in [1.29, 1.82) is 0 Å². The molecule has 0 atom stereocenters. The minimum atomic E-state index is -1.08. The number of quaternary nitrogens is 2. The molecular formula is C34H75BrN2O2. The summed E-state index contributed by atoms with van der Waals surface area (Å²) in [5, 5.41) is 8.89. The minimum Gasteiger partial charge on any atom is -1.00 e. The Morgan fingerprint density at radius 2 is 0.513 bits per heavy atom. The Labute approximate surface area is 258 Å². The number of aliphatic carboxylic acids is 1. The van der Waals surface area contributed by atoms with Gasteiger partial charge in [-0.2, -0.15) is 0 Å². The standard InChI is InChI=1S/2C16H36N.C2H4O2.BrH/c2*1-5-9-13-17(14-10-6-2,15-11-7-3)16-12-8-4;1-2(3)4;/h2*5-16H2,1-4H3;1H3,(H,3,4);1H/q2*+1;;/p-2. The summed E-state index contributed by atoms with van der Waals surface area (Å²) < 4.78 is 2.84. The van der Waals surface area contributed by atoms with Crippen LogP contribution in [-0.2, 0) is 4.79 Å². The highest BCUT2D eigenvalue weighted by Gasteiger charge is 2.25. The molecule has 0 aromatic heterocycles. The number of carboxylic acids is 1.